The molecule has 0 aliphatic carbocycles. The molecular formula is C12H8BrN3O4. The van der Waals surface area contributed by atoms with Gasteiger partial charge in [-0.3, -0.25) is 14.9 Å². The van der Waals surface area contributed by atoms with Crippen molar-refractivity contribution in [2.45, 2.75) is 0 Å². The minimum atomic E-state index is -0.638. The van der Waals surface area contributed by atoms with Gasteiger partial charge in [0.2, 0.25) is 0 Å². The van der Waals surface area contributed by atoms with E-state index in [1.165, 1.54) is 18.3 Å². The summed E-state index contributed by atoms with van der Waals surface area (Å²) in [5, 5.41) is 22.6. The number of hydrogen-bond donors (Lipinski definition) is 2. The molecule has 20 heavy (non-hydrogen) atoms. The second kappa shape index (κ2) is 5.66. The highest BCUT2D eigenvalue weighted by molar-refractivity contribution is 9.10. The fourth-order valence-electron chi connectivity index (χ4n) is 1.47. The molecule has 2 rings (SSSR count). The van der Waals surface area contributed by atoms with Crippen LogP contribution in [0.4, 0.5) is 11.4 Å². The van der Waals surface area contributed by atoms with Crippen molar-refractivity contribution >= 4 is 33.2 Å². The first-order valence-electron chi connectivity index (χ1n) is 5.38. The van der Waals surface area contributed by atoms with Crippen LogP contribution in [0.15, 0.2) is 41.0 Å². The van der Waals surface area contributed by atoms with E-state index in [9.17, 15) is 20.0 Å². The Labute approximate surface area is 121 Å². The van der Waals surface area contributed by atoms with Crippen LogP contribution in [0.2, 0.25) is 0 Å². The van der Waals surface area contributed by atoms with Gasteiger partial charge in [0.1, 0.15) is 11.4 Å². The van der Waals surface area contributed by atoms with Crippen molar-refractivity contribution in [2.75, 3.05) is 5.32 Å². The number of carbonyl (C=O) groups excluding carboxylic acids is 1. The van der Waals surface area contributed by atoms with E-state index in [2.05, 4.69) is 26.2 Å². The average molecular weight is 338 g/mol. The monoisotopic (exact) mass is 337 g/mol. The fraction of sp³-hybridized carbons (Fsp3) is 0. The van der Waals surface area contributed by atoms with Gasteiger partial charge in [-0.1, -0.05) is 0 Å². The molecule has 7 nitrogen and oxygen atoms in total. The van der Waals surface area contributed by atoms with Gasteiger partial charge in [-0.2, -0.15) is 0 Å². The van der Waals surface area contributed by atoms with Crippen LogP contribution >= 0.6 is 15.9 Å². The molecule has 1 amide bonds. The first-order valence-corrected chi connectivity index (χ1v) is 6.17. The van der Waals surface area contributed by atoms with E-state index in [1.807, 2.05) is 0 Å². The maximum atomic E-state index is 12.0. The molecule has 8 heteroatoms. The van der Waals surface area contributed by atoms with Gasteiger partial charge in [-0.15, -0.1) is 0 Å². The minimum Gasteiger partial charge on any atom is -0.506 e. The summed E-state index contributed by atoms with van der Waals surface area (Å²) < 4.78 is 0.499. The number of aromatic nitrogens is 1. The van der Waals surface area contributed by atoms with Gasteiger partial charge in [-0.25, -0.2) is 4.98 Å². The third-order valence-corrected chi connectivity index (χ3v) is 3.05. The van der Waals surface area contributed by atoms with Gasteiger partial charge >= 0.3 is 0 Å². The molecule has 0 saturated heterocycles. The van der Waals surface area contributed by atoms with Crippen molar-refractivity contribution in [3.05, 3.63) is 56.8 Å². The number of hydrogen-bond acceptors (Lipinski definition) is 5. The maximum Gasteiger partial charge on any atom is 0.275 e. The molecule has 0 spiro atoms. The number of nitro benzene ring substituents is 1. The number of nitrogens with zero attached hydrogens (tertiary/aromatic N) is 2. The number of carbonyl (C=O) groups is 1. The summed E-state index contributed by atoms with van der Waals surface area (Å²) in [6.45, 7) is 0. The van der Waals surface area contributed by atoms with E-state index < -0.39 is 10.8 Å². The average Bonchev–Trinajstić information content (AvgIpc) is 2.41. The van der Waals surface area contributed by atoms with Crippen LogP contribution in [-0.4, -0.2) is 20.9 Å². The Morgan fingerprint density at radius 2 is 2.15 bits per heavy atom. The Balaban J connectivity index is 2.25. The van der Waals surface area contributed by atoms with Crippen molar-refractivity contribution < 1.29 is 14.8 Å². The third kappa shape index (κ3) is 2.91. The predicted octanol–water partition coefficient (Wildman–Crippen LogP) is 2.71. The number of halogens is 1. The van der Waals surface area contributed by atoms with E-state index >= 15 is 0 Å². The van der Waals surface area contributed by atoms with E-state index in [1.54, 1.807) is 12.1 Å². The summed E-state index contributed by atoms with van der Waals surface area (Å²) in [5.74, 6) is -0.929. The van der Waals surface area contributed by atoms with Gasteiger partial charge in [-0.05, 0) is 34.1 Å². The molecule has 0 atom stereocenters. The Hall–Kier alpha value is -2.48. The fourth-order valence-corrected chi connectivity index (χ4v) is 1.91. The predicted molar refractivity (Wildman–Crippen MR) is 74.7 cm³/mol. The summed E-state index contributed by atoms with van der Waals surface area (Å²) >= 11 is 3.18. The van der Waals surface area contributed by atoms with Crippen LogP contribution in [0.1, 0.15) is 10.5 Å². The molecule has 1 heterocycles. The van der Waals surface area contributed by atoms with E-state index in [4.69, 9.17) is 0 Å². The number of phenols is 1. The molecule has 0 saturated carbocycles. The summed E-state index contributed by atoms with van der Waals surface area (Å²) in [5.41, 5.74) is -0.0529. The zero-order valence-corrected chi connectivity index (χ0v) is 11.5. The van der Waals surface area contributed by atoms with Crippen molar-refractivity contribution in [3.63, 3.8) is 0 Å². The standard InChI is InChI=1S/C12H8BrN3O4/c13-8-2-1-5-14-11(8)12(18)15-9-4-3-7(16(19)20)6-10(9)17/h1-6,17H,(H,15,18). The SMILES string of the molecule is O=C(Nc1ccc([N+](=O)[O-])cc1O)c1ncccc1Br. The highest BCUT2D eigenvalue weighted by Crippen LogP contribution is 2.28. The first-order chi connectivity index (χ1) is 9.49. The van der Waals surface area contributed by atoms with Crippen molar-refractivity contribution in [1.29, 1.82) is 0 Å². The van der Waals surface area contributed by atoms with Crippen LogP contribution in [-0.2, 0) is 0 Å². The third-order valence-electron chi connectivity index (χ3n) is 2.41. The molecule has 2 aromatic rings. The summed E-state index contributed by atoms with van der Waals surface area (Å²) in [4.78, 5) is 25.8. The Morgan fingerprint density at radius 1 is 1.40 bits per heavy atom. The molecule has 0 aliphatic rings. The number of anilines is 1. The lowest BCUT2D eigenvalue weighted by Crippen LogP contribution is -2.14. The lowest BCUT2D eigenvalue weighted by Gasteiger charge is -2.07. The highest BCUT2D eigenvalue weighted by atomic mass is 79.9. The van der Waals surface area contributed by atoms with E-state index in [0.717, 1.165) is 6.07 Å². The number of phenolic OH excluding ortho intramolecular Hbond substituents is 1. The quantitative estimate of drug-likeness (QED) is 0.508. The van der Waals surface area contributed by atoms with Gasteiger partial charge in [0.15, 0.2) is 0 Å². The molecule has 0 fully saturated rings. The summed E-state index contributed by atoms with van der Waals surface area (Å²) in [7, 11) is 0. The Morgan fingerprint density at radius 3 is 2.75 bits per heavy atom. The van der Waals surface area contributed by atoms with Crippen molar-refractivity contribution in [1.82, 2.24) is 4.98 Å². The minimum absolute atomic E-state index is 0.0677. The van der Waals surface area contributed by atoms with Crippen LogP contribution in [0.5, 0.6) is 5.75 Å². The Kier molecular flexibility index (Phi) is 3.94. The molecule has 0 radical (unpaired) electrons. The van der Waals surface area contributed by atoms with Crippen molar-refractivity contribution in [3.8, 4) is 5.75 Å². The zero-order valence-electron chi connectivity index (χ0n) is 9.91. The number of nitro groups is 1. The van der Waals surface area contributed by atoms with Gasteiger partial charge in [0, 0.05) is 16.7 Å². The van der Waals surface area contributed by atoms with E-state index in [-0.39, 0.29) is 22.8 Å². The Bertz CT molecular complexity index is 690. The van der Waals surface area contributed by atoms with E-state index in [0.29, 0.717) is 4.47 Å². The second-order valence-electron chi connectivity index (χ2n) is 3.75. The number of pyridine rings is 1. The van der Waals surface area contributed by atoms with Crippen molar-refractivity contribution in [2.24, 2.45) is 0 Å². The van der Waals surface area contributed by atoms with Gasteiger partial charge in [0.05, 0.1) is 16.7 Å². The number of benzene rings is 1. The van der Waals surface area contributed by atoms with Gasteiger partial charge in [0.25, 0.3) is 11.6 Å². The van der Waals surface area contributed by atoms with Gasteiger partial charge < -0.3 is 10.4 Å². The topological polar surface area (TPSA) is 105 Å². The summed E-state index contributed by atoms with van der Waals surface area (Å²) in [6.07, 6.45) is 1.45. The maximum absolute atomic E-state index is 12.0. The number of nitrogens with one attached hydrogen (secondary N) is 1. The van der Waals surface area contributed by atoms with Crippen LogP contribution in [0.3, 0.4) is 0 Å². The number of rotatable bonds is 3. The first kappa shape index (κ1) is 13.9. The van der Waals surface area contributed by atoms with Crippen LogP contribution in [0.25, 0.3) is 0 Å². The lowest BCUT2D eigenvalue weighted by molar-refractivity contribution is -0.384. The molecule has 0 unspecified atom stereocenters. The molecule has 102 valence electrons. The smallest absolute Gasteiger partial charge is 0.275 e. The molecule has 1 aromatic carbocycles. The lowest BCUT2D eigenvalue weighted by atomic mass is 10.2. The molecule has 0 bridgehead atoms. The van der Waals surface area contributed by atoms with Crippen LogP contribution in [0, 0.1) is 10.1 Å². The number of aromatic hydroxyl groups is 1. The molecule has 1 aromatic heterocycles. The highest BCUT2D eigenvalue weighted by Gasteiger charge is 2.15. The second-order valence-corrected chi connectivity index (χ2v) is 4.60. The number of non-ortho nitro benzene ring substituents is 1. The summed E-state index contributed by atoms with van der Waals surface area (Å²) in [6, 6.07) is 6.70. The normalized spacial score (nSPS) is 10.1. The molecule has 2 N–H and O–H groups in total. The zero-order chi connectivity index (χ0) is 14.7. The number of amides is 1. The molecular weight excluding hydrogens is 330 g/mol. The van der Waals surface area contributed by atoms with Crippen LogP contribution < -0.4 is 5.32 Å². The molecule has 0 aliphatic heterocycles. The largest absolute Gasteiger partial charge is 0.506 e.